The number of nitrogens with one attached hydrogen (secondary N) is 1. The van der Waals surface area contributed by atoms with Gasteiger partial charge < -0.3 is 4.90 Å². The molecule has 0 fully saturated rings. The van der Waals surface area contributed by atoms with Crippen LogP contribution in [-0.2, 0) is 10.0 Å². The van der Waals surface area contributed by atoms with E-state index in [2.05, 4.69) is 39.4 Å². The fourth-order valence-electron chi connectivity index (χ4n) is 1.61. The second kappa shape index (κ2) is 7.95. The van der Waals surface area contributed by atoms with Crippen molar-refractivity contribution >= 4 is 48.9 Å². The van der Waals surface area contributed by atoms with Crippen molar-refractivity contribution in [2.45, 2.75) is 24.5 Å². The average molecular weight is 390 g/mol. The number of likely N-dealkylation sites (N-methyl/N-ethyl adjacent to an activating group) is 1. The van der Waals surface area contributed by atoms with Gasteiger partial charge in [-0.1, -0.05) is 25.4 Å². The molecule has 19 heavy (non-hydrogen) atoms. The molecule has 0 amide bonds. The second-order valence-corrected chi connectivity index (χ2v) is 8.79. The topological polar surface area (TPSA) is 49.4 Å². The summed E-state index contributed by atoms with van der Waals surface area (Å²) >= 11 is 10.2. The Bertz CT molecular complexity index is 485. The van der Waals surface area contributed by atoms with Crippen LogP contribution < -0.4 is 4.72 Å². The molecule has 0 aliphatic rings. The third kappa shape index (κ3) is 5.32. The van der Waals surface area contributed by atoms with Gasteiger partial charge in [0.25, 0.3) is 0 Å². The highest BCUT2D eigenvalue weighted by Crippen LogP contribution is 2.34. The van der Waals surface area contributed by atoms with Crippen molar-refractivity contribution in [3.05, 3.63) is 14.9 Å². The zero-order valence-electron chi connectivity index (χ0n) is 10.9. The molecule has 0 atom stereocenters. The van der Waals surface area contributed by atoms with Crippen molar-refractivity contribution in [3.63, 3.8) is 0 Å². The third-order valence-corrected chi connectivity index (χ3v) is 7.00. The second-order valence-electron chi connectivity index (χ2n) is 4.02. The first-order valence-electron chi connectivity index (χ1n) is 6.07. The normalized spacial score (nSPS) is 12.3. The summed E-state index contributed by atoms with van der Waals surface area (Å²) in [6.07, 6.45) is 1.06. The first-order valence-corrected chi connectivity index (χ1v) is 9.54. The van der Waals surface area contributed by atoms with Crippen LogP contribution in [0.2, 0.25) is 5.02 Å². The van der Waals surface area contributed by atoms with Crippen molar-refractivity contribution < 1.29 is 8.42 Å². The largest absolute Gasteiger partial charge is 0.302 e. The smallest absolute Gasteiger partial charge is 0.250 e. The van der Waals surface area contributed by atoms with E-state index in [9.17, 15) is 8.42 Å². The molecule has 8 heteroatoms. The van der Waals surface area contributed by atoms with Gasteiger partial charge in [-0.3, -0.25) is 0 Å². The SMILES string of the molecule is CCCN(CC)CCNS(=O)(=O)c1cc(Cl)c(Br)s1. The van der Waals surface area contributed by atoms with Gasteiger partial charge in [-0.15, -0.1) is 11.3 Å². The molecule has 0 aromatic carbocycles. The molecule has 1 aromatic heterocycles. The molecule has 1 aromatic rings. The fraction of sp³-hybridized carbons (Fsp3) is 0.636. The van der Waals surface area contributed by atoms with Gasteiger partial charge in [0.05, 0.1) is 8.81 Å². The number of sulfonamides is 1. The lowest BCUT2D eigenvalue weighted by atomic mass is 10.4. The summed E-state index contributed by atoms with van der Waals surface area (Å²) in [5.41, 5.74) is 0. The number of hydrogen-bond acceptors (Lipinski definition) is 4. The molecule has 110 valence electrons. The summed E-state index contributed by atoms with van der Waals surface area (Å²) in [5, 5.41) is 0.423. The maximum atomic E-state index is 12.0. The van der Waals surface area contributed by atoms with Gasteiger partial charge in [-0.25, -0.2) is 13.1 Å². The predicted octanol–water partition coefficient (Wildman–Crippen LogP) is 3.17. The minimum Gasteiger partial charge on any atom is -0.302 e. The Morgan fingerprint density at radius 2 is 2.11 bits per heavy atom. The van der Waals surface area contributed by atoms with Gasteiger partial charge in [0, 0.05) is 13.1 Å². The van der Waals surface area contributed by atoms with E-state index >= 15 is 0 Å². The first-order chi connectivity index (χ1) is 8.90. The van der Waals surface area contributed by atoms with E-state index in [-0.39, 0.29) is 4.21 Å². The Balaban J connectivity index is 2.56. The molecule has 0 spiro atoms. The molecular weight excluding hydrogens is 372 g/mol. The molecule has 0 radical (unpaired) electrons. The summed E-state index contributed by atoms with van der Waals surface area (Å²) < 4.78 is 27.5. The van der Waals surface area contributed by atoms with E-state index in [1.807, 2.05) is 0 Å². The minimum absolute atomic E-state index is 0.239. The van der Waals surface area contributed by atoms with E-state index in [1.165, 1.54) is 6.07 Å². The fourth-order valence-corrected chi connectivity index (χ4v) is 5.08. The van der Waals surface area contributed by atoms with E-state index in [0.717, 1.165) is 30.8 Å². The Morgan fingerprint density at radius 1 is 1.42 bits per heavy atom. The lowest BCUT2D eigenvalue weighted by Crippen LogP contribution is -2.35. The Hall–Kier alpha value is 0.340. The van der Waals surface area contributed by atoms with Crippen LogP contribution in [0.3, 0.4) is 0 Å². The van der Waals surface area contributed by atoms with Crippen LogP contribution in [0.1, 0.15) is 20.3 Å². The van der Waals surface area contributed by atoms with Crippen LogP contribution in [0.5, 0.6) is 0 Å². The van der Waals surface area contributed by atoms with Crippen molar-refractivity contribution in [1.29, 1.82) is 0 Å². The van der Waals surface area contributed by atoms with Crippen molar-refractivity contribution in [1.82, 2.24) is 9.62 Å². The van der Waals surface area contributed by atoms with Gasteiger partial charge in [-0.2, -0.15) is 0 Å². The van der Waals surface area contributed by atoms with Crippen LogP contribution in [-0.4, -0.2) is 39.5 Å². The van der Waals surface area contributed by atoms with Crippen LogP contribution in [0.15, 0.2) is 14.1 Å². The summed E-state index contributed by atoms with van der Waals surface area (Å²) in [7, 11) is -3.45. The standard InChI is InChI=1S/C11H18BrClN2O2S2/c1-3-6-15(4-2)7-5-14-19(16,17)10-8-9(13)11(12)18-10/h8,14H,3-7H2,1-2H3. The summed E-state index contributed by atoms with van der Waals surface area (Å²) in [6.45, 7) is 7.20. The van der Waals surface area contributed by atoms with E-state index in [1.54, 1.807) is 0 Å². The summed E-state index contributed by atoms with van der Waals surface area (Å²) in [6, 6.07) is 1.46. The number of halogens is 2. The zero-order chi connectivity index (χ0) is 14.5. The van der Waals surface area contributed by atoms with Crippen molar-refractivity contribution in [2.75, 3.05) is 26.2 Å². The van der Waals surface area contributed by atoms with E-state index < -0.39 is 10.0 Å². The van der Waals surface area contributed by atoms with Crippen molar-refractivity contribution in [2.24, 2.45) is 0 Å². The molecular formula is C11H18BrClN2O2S2. The van der Waals surface area contributed by atoms with Crippen LogP contribution >= 0.6 is 38.9 Å². The molecule has 0 saturated carbocycles. The van der Waals surface area contributed by atoms with E-state index in [4.69, 9.17) is 11.6 Å². The summed E-state index contributed by atoms with van der Waals surface area (Å²) in [4.78, 5) is 2.21. The van der Waals surface area contributed by atoms with Crippen molar-refractivity contribution in [3.8, 4) is 0 Å². The van der Waals surface area contributed by atoms with Crippen LogP contribution in [0, 0.1) is 0 Å². The van der Waals surface area contributed by atoms with Gasteiger partial charge in [0.15, 0.2) is 0 Å². The molecule has 1 rings (SSSR count). The quantitative estimate of drug-likeness (QED) is 0.743. The van der Waals surface area contributed by atoms with Gasteiger partial charge in [0.1, 0.15) is 4.21 Å². The lowest BCUT2D eigenvalue weighted by molar-refractivity contribution is 0.293. The number of hydrogen-bond donors (Lipinski definition) is 1. The number of nitrogens with zero attached hydrogens (tertiary/aromatic N) is 1. The minimum atomic E-state index is -3.45. The highest BCUT2D eigenvalue weighted by atomic mass is 79.9. The molecule has 1 N–H and O–H groups in total. The van der Waals surface area contributed by atoms with Crippen LogP contribution in [0.25, 0.3) is 0 Å². The maximum Gasteiger partial charge on any atom is 0.250 e. The zero-order valence-corrected chi connectivity index (χ0v) is 14.9. The molecule has 0 bridgehead atoms. The Labute approximate surface area is 132 Å². The first kappa shape index (κ1) is 17.4. The average Bonchev–Trinajstić information content (AvgIpc) is 2.69. The number of thiophene rings is 1. The Kier molecular flexibility index (Phi) is 7.28. The predicted molar refractivity (Wildman–Crippen MR) is 84.6 cm³/mol. The highest BCUT2D eigenvalue weighted by molar-refractivity contribution is 9.11. The molecule has 0 unspecified atom stereocenters. The Morgan fingerprint density at radius 3 is 2.58 bits per heavy atom. The maximum absolute atomic E-state index is 12.0. The molecule has 0 saturated heterocycles. The number of rotatable bonds is 8. The molecule has 4 nitrogen and oxygen atoms in total. The van der Waals surface area contributed by atoms with E-state index in [0.29, 0.717) is 21.9 Å². The molecule has 0 aliphatic carbocycles. The highest BCUT2D eigenvalue weighted by Gasteiger charge is 2.18. The lowest BCUT2D eigenvalue weighted by Gasteiger charge is -2.19. The van der Waals surface area contributed by atoms with Gasteiger partial charge in [-0.05, 0) is 41.5 Å². The van der Waals surface area contributed by atoms with Gasteiger partial charge in [0.2, 0.25) is 10.0 Å². The third-order valence-electron chi connectivity index (χ3n) is 2.59. The molecule has 0 aliphatic heterocycles. The van der Waals surface area contributed by atoms with Crippen LogP contribution in [0.4, 0.5) is 0 Å². The monoisotopic (exact) mass is 388 g/mol. The molecule has 1 heterocycles. The van der Waals surface area contributed by atoms with Gasteiger partial charge >= 0.3 is 0 Å². The summed E-state index contributed by atoms with van der Waals surface area (Å²) in [5.74, 6) is 0.